The van der Waals surface area contributed by atoms with Crippen LogP contribution in [-0.4, -0.2) is 44.2 Å². The zero-order valence-electron chi connectivity index (χ0n) is 7.35. The number of quaternary nitrogens is 1. The zero-order chi connectivity index (χ0) is 7.33. The maximum atomic E-state index is 2.24. The van der Waals surface area contributed by atoms with Crippen LogP contribution >= 0.6 is 11.8 Å². The van der Waals surface area contributed by atoms with Gasteiger partial charge in [-0.25, -0.2) is 0 Å². The van der Waals surface area contributed by atoms with E-state index in [9.17, 15) is 0 Å². The van der Waals surface area contributed by atoms with E-state index in [0.717, 1.165) is 4.48 Å². The average Bonchev–Trinajstić information content (AvgIpc) is 1.63. The van der Waals surface area contributed by atoms with Crippen LogP contribution in [0.2, 0.25) is 0 Å². The smallest absolute Gasteiger partial charge is 0.0788 e. The molecule has 0 radical (unpaired) electrons. The largest absolute Gasteiger partial charge is 1.00 e. The van der Waals surface area contributed by atoms with Gasteiger partial charge >= 0.3 is 0 Å². The van der Waals surface area contributed by atoms with Crippen LogP contribution < -0.4 is 12.4 Å². The van der Waals surface area contributed by atoms with Crippen LogP contribution in [0.4, 0.5) is 0 Å². The van der Waals surface area contributed by atoms with Crippen molar-refractivity contribution < 1.29 is 16.9 Å². The summed E-state index contributed by atoms with van der Waals surface area (Å²) in [6.07, 6.45) is 3.50. The lowest BCUT2D eigenvalue weighted by Gasteiger charge is -2.23. The molecule has 0 aromatic rings. The minimum Gasteiger partial charge on any atom is -1.00 e. The normalized spacial score (nSPS) is 10.8. The maximum absolute atomic E-state index is 2.24. The SMILES string of the molecule is CSCCC[N+](C)(C)C.[Cl-]. The van der Waals surface area contributed by atoms with E-state index < -0.39 is 0 Å². The molecule has 0 aromatic heterocycles. The molecule has 0 rings (SSSR count). The van der Waals surface area contributed by atoms with Crippen molar-refractivity contribution in [3.63, 3.8) is 0 Å². The molecule has 10 heavy (non-hydrogen) atoms. The number of nitrogens with zero attached hydrogens (tertiary/aromatic N) is 1. The lowest BCUT2D eigenvalue weighted by molar-refractivity contribution is -0.870. The van der Waals surface area contributed by atoms with Gasteiger partial charge in [0.05, 0.1) is 27.7 Å². The minimum atomic E-state index is 0. The minimum absolute atomic E-state index is 0. The van der Waals surface area contributed by atoms with Crippen LogP contribution in [0.15, 0.2) is 0 Å². The van der Waals surface area contributed by atoms with E-state index in [4.69, 9.17) is 0 Å². The van der Waals surface area contributed by atoms with Gasteiger partial charge in [0, 0.05) is 6.42 Å². The van der Waals surface area contributed by atoms with Gasteiger partial charge in [-0.1, -0.05) is 0 Å². The fourth-order valence-electron chi connectivity index (χ4n) is 0.683. The van der Waals surface area contributed by atoms with E-state index in [1.807, 2.05) is 11.8 Å². The molecule has 0 aliphatic carbocycles. The lowest BCUT2D eigenvalue weighted by atomic mass is 10.4. The molecule has 64 valence electrons. The number of hydrogen-bond donors (Lipinski definition) is 0. The van der Waals surface area contributed by atoms with Crippen molar-refractivity contribution in [3.05, 3.63) is 0 Å². The highest BCUT2D eigenvalue weighted by molar-refractivity contribution is 7.98. The Bertz CT molecular complexity index is 70.5. The summed E-state index contributed by atoms with van der Waals surface area (Å²) < 4.78 is 1.10. The molecule has 0 unspecified atom stereocenters. The Morgan fingerprint density at radius 2 is 1.70 bits per heavy atom. The first-order chi connectivity index (χ1) is 4.06. The molecule has 0 saturated carbocycles. The lowest BCUT2D eigenvalue weighted by Crippen LogP contribution is -3.00. The van der Waals surface area contributed by atoms with Gasteiger partial charge in [0.2, 0.25) is 0 Å². The quantitative estimate of drug-likeness (QED) is 0.376. The Hall–Kier alpha value is 0.600. The monoisotopic (exact) mass is 183 g/mol. The first-order valence-electron chi connectivity index (χ1n) is 3.35. The third kappa shape index (κ3) is 11.4. The van der Waals surface area contributed by atoms with Gasteiger partial charge in [0.25, 0.3) is 0 Å². The summed E-state index contributed by atoms with van der Waals surface area (Å²) in [6, 6.07) is 0. The number of thioether (sulfide) groups is 1. The number of hydrogen-bond acceptors (Lipinski definition) is 1. The first kappa shape index (κ1) is 13.2. The van der Waals surface area contributed by atoms with E-state index in [1.165, 1.54) is 18.7 Å². The molecule has 0 saturated heterocycles. The second kappa shape index (κ2) is 6.32. The maximum Gasteiger partial charge on any atom is 0.0788 e. The molecule has 0 aliphatic heterocycles. The molecule has 3 heteroatoms. The predicted molar refractivity (Wildman–Crippen MR) is 45.9 cm³/mol. The highest BCUT2D eigenvalue weighted by atomic mass is 35.5. The Morgan fingerprint density at radius 3 is 2.00 bits per heavy atom. The number of rotatable bonds is 4. The van der Waals surface area contributed by atoms with Gasteiger partial charge in [-0.2, -0.15) is 11.8 Å². The Balaban J connectivity index is 0. The van der Waals surface area contributed by atoms with Crippen molar-refractivity contribution in [2.45, 2.75) is 6.42 Å². The highest BCUT2D eigenvalue weighted by Crippen LogP contribution is 1.99. The summed E-state index contributed by atoms with van der Waals surface area (Å²) >= 11 is 1.93. The van der Waals surface area contributed by atoms with Crippen molar-refractivity contribution >= 4 is 11.8 Å². The predicted octanol–water partition coefficient (Wildman–Crippen LogP) is -1.55. The van der Waals surface area contributed by atoms with Crippen LogP contribution in [0.1, 0.15) is 6.42 Å². The van der Waals surface area contributed by atoms with Gasteiger partial charge < -0.3 is 16.9 Å². The third-order valence-corrected chi connectivity index (χ3v) is 1.87. The topological polar surface area (TPSA) is 0 Å². The molecule has 0 atom stereocenters. The van der Waals surface area contributed by atoms with E-state index >= 15 is 0 Å². The summed E-state index contributed by atoms with van der Waals surface area (Å²) in [7, 11) is 6.71. The zero-order valence-corrected chi connectivity index (χ0v) is 8.93. The van der Waals surface area contributed by atoms with Crippen LogP contribution in [0, 0.1) is 0 Å². The van der Waals surface area contributed by atoms with Crippen LogP contribution in [-0.2, 0) is 0 Å². The Labute approximate surface area is 75.2 Å². The van der Waals surface area contributed by atoms with Crippen molar-refractivity contribution in [2.24, 2.45) is 0 Å². The summed E-state index contributed by atoms with van der Waals surface area (Å²) in [4.78, 5) is 0. The van der Waals surface area contributed by atoms with Crippen molar-refractivity contribution in [3.8, 4) is 0 Å². The summed E-state index contributed by atoms with van der Waals surface area (Å²) in [6.45, 7) is 1.29. The molecule has 0 spiro atoms. The molecular formula is C7H18ClNS. The number of halogens is 1. The first-order valence-corrected chi connectivity index (χ1v) is 4.75. The molecule has 0 bridgehead atoms. The summed E-state index contributed by atoms with van der Waals surface area (Å²) in [5.41, 5.74) is 0. The Kier molecular flexibility index (Phi) is 8.35. The Morgan fingerprint density at radius 1 is 1.20 bits per heavy atom. The fourth-order valence-corrected chi connectivity index (χ4v) is 1.10. The van der Waals surface area contributed by atoms with E-state index in [2.05, 4.69) is 27.4 Å². The molecule has 0 fully saturated rings. The van der Waals surface area contributed by atoms with Gasteiger partial charge in [-0.3, -0.25) is 0 Å². The van der Waals surface area contributed by atoms with Crippen molar-refractivity contribution in [1.82, 2.24) is 0 Å². The van der Waals surface area contributed by atoms with E-state index in [-0.39, 0.29) is 12.4 Å². The van der Waals surface area contributed by atoms with Crippen LogP contribution in [0.5, 0.6) is 0 Å². The van der Waals surface area contributed by atoms with Crippen molar-refractivity contribution in [1.29, 1.82) is 0 Å². The van der Waals surface area contributed by atoms with Crippen molar-refractivity contribution in [2.75, 3.05) is 39.7 Å². The molecule has 0 heterocycles. The van der Waals surface area contributed by atoms with Gasteiger partial charge in [0.15, 0.2) is 0 Å². The van der Waals surface area contributed by atoms with Crippen LogP contribution in [0.25, 0.3) is 0 Å². The molecule has 0 amide bonds. The standard InChI is InChI=1S/C7H18NS.ClH/c1-8(2,3)6-5-7-9-4;/h5-7H2,1-4H3;1H/q+1;/p-1. The molecule has 0 aromatic carbocycles. The average molecular weight is 184 g/mol. The van der Waals surface area contributed by atoms with Gasteiger partial charge in [-0.05, 0) is 12.0 Å². The van der Waals surface area contributed by atoms with E-state index in [1.54, 1.807) is 0 Å². The molecule has 0 N–H and O–H groups in total. The third-order valence-electron chi connectivity index (χ3n) is 1.18. The van der Waals surface area contributed by atoms with E-state index in [0.29, 0.717) is 0 Å². The van der Waals surface area contributed by atoms with Crippen LogP contribution in [0.3, 0.4) is 0 Å². The van der Waals surface area contributed by atoms with Gasteiger partial charge in [-0.15, -0.1) is 0 Å². The summed E-state index contributed by atoms with van der Waals surface area (Å²) in [5, 5.41) is 0. The fraction of sp³-hybridized carbons (Fsp3) is 1.00. The second-order valence-electron chi connectivity index (χ2n) is 3.36. The van der Waals surface area contributed by atoms with Gasteiger partial charge in [0.1, 0.15) is 0 Å². The second-order valence-corrected chi connectivity index (χ2v) is 4.35. The molecule has 0 aliphatic rings. The summed E-state index contributed by atoms with van der Waals surface area (Å²) in [5.74, 6) is 1.30. The highest BCUT2D eigenvalue weighted by Gasteiger charge is 2.03. The molecule has 1 nitrogen and oxygen atoms in total. The molecular weight excluding hydrogens is 166 g/mol.